The van der Waals surface area contributed by atoms with Crippen molar-refractivity contribution in [2.24, 2.45) is 0 Å². The van der Waals surface area contributed by atoms with Crippen LogP contribution in [0.25, 0.3) is 10.9 Å². The van der Waals surface area contributed by atoms with Crippen LogP contribution in [0.5, 0.6) is 5.75 Å². The van der Waals surface area contributed by atoms with Gasteiger partial charge in [0, 0.05) is 11.8 Å². The van der Waals surface area contributed by atoms with Gasteiger partial charge in [0.15, 0.2) is 5.75 Å². The Balaban J connectivity index is 2.07. The van der Waals surface area contributed by atoms with Gasteiger partial charge >= 0.3 is 5.97 Å². The van der Waals surface area contributed by atoms with Crippen LogP contribution in [-0.2, 0) is 4.74 Å². The first kappa shape index (κ1) is 11.9. The van der Waals surface area contributed by atoms with Crippen molar-refractivity contribution in [3.63, 3.8) is 0 Å². The third-order valence-corrected chi connectivity index (χ3v) is 3.14. The maximum atomic E-state index is 11.5. The van der Waals surface area contributed by atoms with E-state index in [2.05, 4.69) is 4.98 Å². The number of para-hydroxylation sites is 1. The Morgan fingerprint density at radius 1 is 1.42 bits per heavy atom. The van der Waals surface area contributed by atoms with Crippen LogP contribution in [0.2, 0.25) is 0 Å². The number of pyridine rings is 1. The number of carboxylic acids is 1. The van der Waals surface area contributed by atoms with Crippen molar-refractivity contribution in [2.45, 2.75) is 12.5 Å². The van der Waals surface area contributed by atoms with Gasteiger partial charge in [0.1, 0.15) is 11.7 Å². The molecule has 1 saturated heterocycles. The molecule has 0 amide bonds. The van der Waals surface area contributed by atoms with Crippen molar-refractivity contribution in [2.75, 3.05) is 13.2 Å². The van der Waals surface area contributed by atoms with Crippen LogP contribution in [0.1, 0.15) is 16.8 Å². The lowest BCUT2D eigenvalue weighted by Gasteiger charge is -2.14. The van der Waals surface area contributed by atoms with Crippen LogP contribution in [-0.4, -0.2) is 35.4 Å². The molecule has 1 aromatic heterocycles. The summed E-state index contributed by atoms with van der Waals surface area (Å²) >= 11 is 0. The number of carboxylic acid groups (broad SMARTS) is 1. The van der Waals surface area contributed by atoms with E-state index >= 15 is 0 Å². The predicted molar refractivity (Wildman–Crippen MR) is 68.6 cm³/mol. The van der Waals surface area contributed by atoms with E-state index in [9.17, 15) is 9.90 Å². The van der Waals surface area contributed by atoms with Crippen molar-refractivity contribution in [3.8, 4) is 5.75 Å². The average Bonchev–Trinajstić information content (AvgIpc) is 2.91. The average molecular weight is 259 g/mol. The van der Waals surface area contributed by atoms with E-state index in [0.29, 0.717) is 29.9 Å². The van der Waals surface area contributed by atoms with Crippen LogP contribution in [0.4, 0.5) is 0 Å². The summed E-state index contributed by atoms with van der Waals surface area (Å²) in [5, 5.41) is 9.99. The summed E-state index contributed by atoms with van der Waals surface area (Å²) in [6.07, 6.45) is 2.15. The molecule has 1 N–H and O–H groups in total. The number of rotatable bonds is 3. The van der Waals surface area contributed by atoms with Gasteiger partial charge in [-0.25, -0.2) is 4.79 Å². The van der Waals surface area contributed by atoms with Gasteiger partial charge in [-0.05, 0) is 6.07 Å². The number of aromatic nitrogens is 1. The van der Waals surface area contributed by atoms with Crippen LogP contribution in [0.15, 0.2) is 30.5 Å². The van der Waals surface area contributed by atoms with Gasteiger partial charge in [0.25, 0.3) is 0 Å². The van der Waals surface area contributed by atoms with E-state index in [-0.39, 0.29) is 11.7 Å². The van der Waals surface area contributed by atoms with E-state index in [0.717, 1.165) is 6.42 Å². The number of benzene rings is 1. The highest BCUT2D eigenvalue weighted by Gasteiger charge is 2.22. The molecule has 5 nitrogen and oxygen atoms in total. The quantitative estimate of drug-likeness (QED) is 0.914. The molecule has 1 aliphatic rings. The van der Waals surface area contributed by atoms with Crippen LogP contribution in [0.3, 0.4) is 0 Å². The Morgan fingerprint density at radius 3 is 3.00 bits per heavy atom. The number of carbonyl (C=O) groups is 1. The standard InChI is InChI=1S/C14H13NO4/c16-14(17)13-10-3-1-2-4-11(10)15-7-12(13)19-9-5-6-18-8-9/h1-4,7,9H,5-6,8H2,(H,16,17). The lowest BCUT2D eigenvalue weighted by molar-refractivity contribution is 0.0689. The smallest absolute Gasteiger partial charge is 0.340 e. The molecule has 0 saturated carbocycles. The summed E-state index contributed by atoms with van der Waals surface area (Å²) in [5.74, 6) is -0.700. The summed E-state index contributed by atoms with van der Waals surface area (Å²) < 4.78 is 10.9. The highest BCUT2D eigenvalue weighted by Crippen LogP contribution is 2.28. The Kier molecular flexibility index (Phi) is 3.05. The monoisotopic (exact) mass is 259 g/mol. The van der Waals surface area contributed by atoms with Crippen LogP contribution >= 0.6 is 0 Å². The molecule has 1 aliphatic heterocycles. The first-order chi connectivity index (χ1) is 9.25. The normalized spacial score (nSPS) is 18.6. The van der Waals surface area contributed by atoms with E-state index in [1.807, 2.05) is 6.07 Å². The minimum atomic E-state index is -1.01. The van der Waals surface area contributed by atoms with Crippen molar-refractivity contribution >= 4 is 16.9 Å². The maximum Gasteiger partial charge on any atom is 0.340 e. The fourth-order valence-corrected chi connectivity index (χ4v) is 2.22. The largest absolute Gasteiger partial charge is 0.485 e. The first-order valence-corrected chi connectivity index (χ1v) is 6.11. The van der Waals surface area contributed by atoms with Crippen molar-refractivity contribution in [1.29, 1.82) is 0 Å². The third kappa shape index (κ3) is 2.24. The lowest BCUT2D eigenvalue weighted by Crippen LogP contribution is -2.18. The Labute approximate surface area is 109 Å². The zero-order chi connectivity index (χ0) is 13.2. The minimum Gasteiger partial charge on any atom is -0.485 e. The molecule has 0 spiro atoms. The molecule has 2 aromatic rings. The molecular formula is C14H13NO4. The zero-order valence-electron chi connectivity index (χ0n) is 10.2. The number of fused-ring (bicyclic) bond motifs is 1. The summed E-state index contributed by atoms with van der Waals surface area (Å²) in [6, 6.07) is 7.14. The molecule has 1 fully saturated rings. The predicted octanol–water partition coefficient (Wildman–Crippen LogP) is 2.10. The van der Waals surface area contributed by atoms with E-state index in [4.69, 9.17) is 9.47 Å². The molecule has 98 valence electrons. The molecule has 0 aliphatic carbocycles. The molecule has 3 rings (SSSR count). The topological polar surface area (TPSA) is 68.7 Å². The molecule has 1 atom stereocenters. The van der Waals surface area contributed by atoms with Gasteiger partial charge in [0.05, 0.1) is 24.9 Å². The molecule has 19 heavy (non-hydrogen) atoms. The van der Waals surface area contributed by atoms with Gasteiger partial charge in [-0.3, -0.25) is 4.98 Å². The Hall–Kier alpha value is -2.14. The summed E-state index contributed by atoms with van der Waals surface area (Å²) in [5.41, 5.74) is 0.812. The number of hydrogen-bond donors (Lipinski definition) is 1. The molecule has 1 aromatic carbocycles. The van der Waals surface area contributed by atoms with Crippen LogP contribution < -0.4 is 4.74 Å². The second kappa shape index (κ2) is 4.85. The Morgan fingerprint density at radius 2 is 2.26 bits per heavy atom. The highest BCUT2D eigenvalue weighted by molar-refractivity contribution is 6.04. The van der Waals surface area contributed by atoms with Gasteiger partial charge in [-0.15, -0.1) is 0 Å². The second-order valence-corrected chi connectivity index (χ2v) is 4.42. The Bertz CT molecular complexity index is 620. The molecular weight excluding hydrogens is 246 g/mol. The molecule has 1 unspecified atom stereocenters. The van der Waals surface area contributed by atoms with E-state index in [1.54, 1.807) is 18.2 Å². The summed E-state index contributed by atoms with van der Waals surface area (Å²) in [7, 11) is 0. The number of ether oxygens (including phenoxy) is 2. The minimum absolute atomic E-state index is 0.0962. The number of aromatic carboxylic acids is 1. The maximum absolute atomic E-state index is 11.5. The van der Waals surface area contributed by atoms with E-state index < -0.39 is 5.97 Å². The molecule has 5 heteroatoms. The first-order valence-electron chi connectivity index (χ1n) is 6.11. The van der Waals surface area contributed by atoms with Gasteiger partial charge < -0.3 is 14.6 Å². The fourth-order valence-electron chi connectivity index (χ4n) is 2.22. The van der Waals surface area contributed by atoms with Gasteiger partial charge in [0.2, 0.25) is 0 Å². The van der Waals surface area contributed by atoms with Gasteiger partial charge in [-0.1, -0.05) is 18.2 Å². The summed E-state index contributed by atoms with van der Waals surface area (Å²) in [4.78, 5) is 15.7. The van der Waals surface area contributed by atoms with Crippen molar-refractivity contribution in [3.05, 3.63) is 36.0 Å². The van der Waals surface area contributed by atoms with Gasteiger partial charge in [-0.2, -0.15) is 0 Å². The highest BCUT2D eigenvalue weighted by atomic mass is 16.5. The lowest BCUT2D eigenvalue weighted by atomic mass is 10.1. The number of hydrogen-bond acceptors (Lipinski definition) is 4. The molecule has 0 radical (unpaired) electrons. The fraction of sp³-hybridized carbons (Fsp3) is 0.286. The number of nitrogens with zero attached hydrogens (tertiary/aromatic N) is 1. The van der Waals surface area contributed by atoms with Crippen molar-refractivity contribution in [1.82, 2.24) is 4.98 Å². The SMILES string of the molecule is O=C(O)c1c(OC2CCOC2)cnc2ccccc12. The van der Waals surface area contributed by atoms with E-state index in [1.165, 1.54) is 6.20 Å². The molecule has 2 heterocycles. The second-order valence-electron chi connectivity index (χ2n) is 4.42. The molecule has 0 bridgehead atoms. The zero-order valence-corrected chi connectivity index (χ0v) is 10.2. The third-order valence-electron chi connectivity index (χ3n) is 3.14. The van der Waals surface area contributed by atoms with Crippen LogP contribution in [0, 0.1) is 0 Å². The summed E-state index contributed by atoms with van der Waals surface area (Å²) in [6.45, 7) is 1.14. The van der Waals surface area contributed by atoms with Crippen molar-refractivity contribution < 1.29 is 19.4 Å².